The van der Waals surface area contributed by atoms with Gasteiger partial charge in [-0.05, 0) is 25.1 Å². The predicted molar refractivity (Wildman–Crippen MR) is 116 cm³/mol. The maximum Gasteiger partial charge on any atom is 0.419 e. The first-order valence-electron chi connectivity index (χ1n) is 10.0. The monoisotopic (exact) mass is 455 g/mol. The quantitative estimate of drug-likeness (QED) is 0.446. The first kappa shape index (κ1) is 20.4. The highest BCUT2D eigenvalue weighted by Gasteiger charge is 2.29. The fraction of sp³-hybridized carbons (Fsp3) is 0.300. The molecule has 1 fully saturated rings. The number of rotatable bonds is 4. The number of imidazole rings is 1. The average molecular weight is 456 g/mol. The minimum absolute atomic E-state index is 0.134. The molecule has 5 rings (SSSR count). The van der Waals surface area contributed by atoms with E-state index in [1.165, 1.54) is 33.4 Å². The Hall–Kier alpha value is -3.51. The van der Waals surface area contributed by atoms with Crippen LogP contribution >= 0.6 is 0 Å². The van der Waals surface area contributed by atoms with Crippen LogP contribution < -0.4 is 10.7 Å². The number of benzene rings is 1. The molecule has 1 aromatic carbocycles. The van der Waals surface area contributed by atoms with Crippen LogP contribution in [0.25, 0.3) is 16.9 Å². The molecule has 4 aromatic rings. The number of nitrogens with zero attached hydrogens (tertiary/aromatic N) is 7. The van der Waals surface area contributed by atoms with Crippen molar-refractivity contribution in [1.29, 1.82) is 0 Å². The number of fused-ring (bicyclic) bond motifs is 1. The van der Waals surface area contributed by atoms with E-state index in [-0.39, 0.29) is 4.90 Å². The van der Waals surface area contributed by atoms with Gasteiger partial charge in [0.15, 0.2) is 5.58 Å². The second kappa shape index (κ2) is 7.57. The molecule has 0 aliphatic carbocycles. The van der Waals surface area contributed by atoms with Crippen molar-refractivity contribution in [1.82, 2.24) is 28.4 Å². The summed E-state index contributed by atoms with van der Waals surface area (Å²) in [4.78, 5) is 26.8. The van der Waals surface area contributed by atoms with Gasteiger partial charge in [0, 0.05) is 51.7 Å². The van der Waals surface area contributed by atoms with E-state index in [9.17, 15) is 13.2 Å². The van der Waals surface area contributed by atoms with E-state index in [1.807, 2.05) is 28.7 Å². The summed E-state index contributed by atoms with van der Waals surface area (Å²) in [6.45, 7) is 3.50. The highest BCUT2D eigenvalue weighted by molar-refractivity contribution is 7.89. The lowest BCUT2D eigenvalue weighted by atomic mass is 10.3. The SMILES string of the molecule is Cc1nccn1-c1cc(N2CCN(S(=O)(=O)c3ccc4oc(=O)n(C)c4c3)CC2)ncn1. The Labute approximate surface area is 183 Å². The van der Waals surface area contributed by atoms with Crippen LogP contribution in [0.3, 0.4) is 0 Å². The summed E-state index contributed by atoms with van der Waals surface area (Å²) in [6, 6.07) is 6.33. The summed E-state index contributed by atoms with van der Waals surface area (Å²) >= 11 is 0. The molecule has 0 N–H and O–H groups in total. The number of aryl methyl sites for hydroxylation is 2. The number of hydrogen-bond acceptors (Lipinski definition) is 8. The number of aromatic nitrogens is 5. The lowest BCUT2D eigenvalue weighted by Gasteiger charge is -2.34. The molecule has 32 heavy (non-hydrogen) atoms. The molecule has 0 radical (unpaired) electrons. The van der Waals surface area contributed by atoms with Crippen molar-refractivity contribution in [2.45, 2.75) is 11.8 Å². The molecule has 0 amide bonds. The van der Waals surface area contributed by atoms with Gasteiger partial charge in [-0.3, -0.25) is 9.13 Å². The van der Waals surface area contributed by atoms with E-state index >= 15 is 0 Å². The van der Waals surface area contributed by atoms with Gasteiger partial charge in [-0.2, -0.15) is 4.31 Å². The lowest BCUT2D eigenvalue weighted by molar-refractivity contribution is 0.384. The molecule has 1 aliphatic rings. The third kappa shape index (κ3) is 3.37. The smallest absolute Gasteiger partial charge is 0.408 e. The number of sulfonamides is 1. The van der Waals surface area contributed by atoms with Crippen molar-refractivity contribution in [3.63, 3.8) is 0 Å². The maximum atomic E-state index is 13.2. The van der Waals surface area contributed by atoms with E-state index in [0.717, 1.165) is 11.6 Å². The van der Waals surface area contributed by atoms with Crippen molar-refractivity contribution in [3.05, 3.63) is 59.4 Å². The molecule has 1 saturated heterocycles. The zero-order valence-corrected chi connectivity index (χ0v) is 18.4. The van der Waals surface area contributed by atoms with Crippen LogP contribution in [0.15, 0.2) is 57.1 Å². The van der Waals surface area contributed by atoms with Gasteiger partial charge in [-0.25, -0.2) is 28.2 Å². The van der Waals surface area contributed by atoms with E-state index in [1.54, 1.807) is 13.2 Å². The fourth-order valence-corrected chi connectivity index (χ4v) is 5.28. The molecule has 166 valence electrons. The van der Waals surface area contributed by atoms with E-state index < -0.39 is 15.8 Å². The molecule has 0 unspecified atom stereocenters. The molecule has 11 nitrogen and oxygen atoms in total. The topological polar surface area (TPSA) is 119 Å². The van der Waals surface area contributed by atoms with Gasteiger partial charge in [-0.15, -0.1) is 0 Å². The van der Waals surface area contributed by atoms with E-state index in [4.69, 9.17) is 4.42 Å². The Morgan fingerprint density at radius 1 is 1.00 bits per heavy atom. The van der Waals surface area contributed by atoms with Gasteiger partial charge in [0.25, 0.3) is 0 Å². The Morgan fingerprint density at radius 3 is 2.47 bits per heavy atom. The fourth-order valence-electron chi connectivity index (χ4n) is 3.84. The van der Waals surface area contributed by atoms with Crippen molar-refractivity contribution < 1.29 is 12.8 Å². The summed E-state index contributed by atoms with van der Waals surface area (Å²) in [5, 5.41) is 0. The van der Waals surface area contributed by atoms with Crippen molar-refractivity contribution in [2.75, 3.05) is 31.1 Å². The number of piperazine rings is 1. The van der Waals surface area contributed by atoms with Gasteiger partial charge in [-0.1, -0.05) is 0 Å². The van der Waals surface area contributed by atoms with Crippen LogP contribution in [0, 0.1) is 6.92 Å². The summed E-state index contributed by atoms with van der Waals surface area (Å²) in [5.41, 5.74) is 0.798. The second-order valence-electron chi connectivity index (χ2n) is 7.53. The van der Waals surface area contributed by atoms with Gasteiger partial charge in [0.2, 0.25) is 10.0 Å². The Kier molecular flexibility index (Phi) is 4.82. The summed E-state index contributed by atoms with van der Waals surface area (Å²) < 4.78 is 36.1. The average Bonchev–Trinajstić information content (AvgIpc) is 3.36. The lowest BCUT2D eigenvalue weighted by Crippen LogP contribution is -2.49. The van der Waals surface area contributed by atoms with Gasteiger partial charge in [0.1, 0.15) is 23.8 Å². The molecule has 1 aliphatic heterocycles. The summed E-state index contributed by atoms with van der Waals surface area (Å²) in [7, 11) is -2.17. The van der Waals surface area contributed by atoms with Crippen LogP contribution in [-0.2, 0) is 17.1 Å². The van der Waals surface area contributed by atoms with Gasteiger partial charge in [0.05, 0.1) is 10.4 Å². The normalized spacial score (nSPS) is 15.5. The third-order valence-electron chi connectivity index (χ3n) is 5.67. The molecule has 0 spiro atoms. The highest BCUT2D eigenvalue weighted by Crippen LogP contribution is 2.24. The van der Waals surface area contributed by atoms with Crippen LogP contribution in [0.5, 0.6) is 0 Å². The summed E-state index contributed by atoms with van der Waals surface area (Å²) in [5.74, 6) is 1.73. The van der Waals surface area contributed by atoms with E-state index in [2.05, 4.69) is 15.0 Å². The van der Waals surface area contributed by atoms with E-state index in [0.29, 0.717) is 43.1 Å². The molecule has 12 heteroatoms. The zero-order valence-electron chi connectivity index (χ0n) is 17.5. The minimum atomic E-state index is -3.71. The zero-order chi connectivity index (χ0) is 22.5. The van der Waals surface area contributed by atoms with Crippen molar-refractivity contribution in [3.8, 4) is 5.82 Å². The van der Waals surface area contributed by atoms with Crippen molar-refractivity contribution >= 4 is 26.9 Å². The Bertz CT molecular complexity index is 1460. The molecule has 0 atom stereocenters. The first-order chi connectivity index (χ1) is 15.3. The second-order valence-corrected chi connectivity index (χ2v) is 9.46. The van der Waals surface area contributed by atoms with Crippen LogP contribution in [-0.4, -0.2) is 63.0 Å². The molecular formula is C20H21N7O4S. The molecule has 0 bridgehead atoms. The first-order valence-corrected chi connectivity index (χ1v) is 11.5. The Morgan fingerprint density at radius 2 is 1.75 bits per heavy atom. The van der Waals surface area contributed by atoms with Crippen LogP contribution in [0.4, 0.5) is 5.82 Å². The van der Waals surface area contributed by atoms with Crippen LogP contribution in [0.1, 0.15) is 5.82 Å². The predicted octanol–water partition coefficient (Wildman–Crippen LogP) is 0.927. The number of hydrogen-bond donors (Lipinski definition) is 0. The van der Waals surface area contributed by atoms with Crippen LogP contribution in [0.2, 0.25) is 0 Å². The Balaban J connectivity index is 1.35. The molecule has 0 saturated carbocycles. The van der Waals surface area contributed by atoms with Crippen molar-refractivity contribution in [2.24, 2.45) is 7.05 Å². The molecule has 3 aromatic heterocycles. The van der Waals surface area contributed by atoms with Gasteiger partial charge >= 0.3 is 5.76 Å². The minimum Gasteiger partial charge on any atom is -0.408 e. The number of oxazole rings is 1. The molecule has 4 heterocycles. The standard InChI is InChI=1S/C20H21N7O4S/c1-14-21-5-6-27(14)19-12-18(22-13-23-19)25-7-9-26(10-8-25)32(29,30)15-3-4-17-16(11-15)24(2)20(28)31-17/h3-6,11-13H,7-10H2,1-2H3. The molecular weight excluding hydrogens is 434 g/mol. The van der Waals surface area contributed by atoms with Gasteiger partial charge < -0.3 is 9.32 Å². The maximum absolute atomic E-state index is 13.2. The highest BCUT2D eigenvalue weighted by atomic mass is 32.2. The third-order valence-corrected chi connectivity index (χ3v) is 7.57. The number of anilines is 1. The summed E-state index contributed by atoms with van der Waals surface area (Å²) in [6.07, 6.45) is 5.04. The largest absolute Gasteiger partial charge is 0.419 e.